The summed E-state index contributed by atoms with van der Waals surface area (Å²) in [6.45, 7) is 0. The molecule has 19 heavy (non-hydrogen) atoms. The Morgan fingerprint density at radius 2 is 1.95 bits per heavy atom. The topological polar surface area (TPSA) is 52.1 Å². The van der Waals surface area contributed by atoms with Gasteiger partial charge in [0.25, 0.3) is 6.43 Å². The maximum atomic E-state index is 12.8. The van der Waals surface area contributed by atoms with Crippen LogP contribution >= 0.6 is 12.2 Å². The SMILES string of the molecule is COc1ccc(-n2c(C(F)F)n[nH]c2=S)cc1OC. The van der Waals surface area contributed by atoms with Crippen LogP contribution in [0.4, 0.5) is 8.78 Å². The zero-order valence-corrected chi connectivity index (χ0v) is 11.0. The summed E-state index contributed by atoms with van der Waals surface area (Å²) in [5.74, 6) is 0.473. The first kappa shape index (κ1) is 13.5. The molecule has 0 bridgehead atoms. The third kappa shape index (κ3) is 2.43. The summed E-state index contributed by atoms with van der Waals surface area (Å²) in [6, 6.07) is 4.76. The molecule has 8 heteroatoms. The highest BCUT2D eigenvalue weighted by molar-refractivity contribution is 7.71. The van der Waals surface area contributed by atoms with Crippen molar-refractivity contribution in [3.63, 3.8) is 0 Å². The molecule has 0 aliphatic rings. The number of aromatic amines is 1. The Bertz CT molecular complexity index is 639. The number of hydrogen-bond acceptors (Lipinski definition) is 4. The zero-order valence-electron chi connectivity index (χ0n) is 10.2. The number of nitrogens with one attached hydrogen (secondary N) is 1. The second-order valence-corrected chi connectivity index (χ2v) is 3.95. The molecule has 1 aromatic heterocycles. The Labute approximate surface area is 112 Å². The summed E-state index contributed by atoms with van der Waals surface area (Å²) in [6.07, 6.45) is -2.74. The fourth-order valence-electron chi connectivity index (χ4n) is 1.67. The Hall–Kier alpha value is -1.96. The Morgan fingerprint density at radius 1 is 1.26 bits per heavy atom. The number of hydrogen-bond donors (Lipinski definition) is 1. The lowest BCUT2D eigenvalue weighted by atomic mass is 10.2. The largest absolute Gasteiger partial charge is 0.493 e. The van der Waals surface area contributed by atoms with Crippen molar-refractivity contribution in [1.82, 2.24) is 14.8 Å². The summed E-state index contributed by atoms with van der Waals surface area (Å²) in [7, 11) is 2.95. The van der Waals surface area contributed by atoms with Crippen molar-refractivity contribution in [3.05, 3.63) is 28.8 Å². The summed E-state index contributed by atoms with van der Waals surface area (Å²) in [5, 5.41) is 5.86. The van der Waals surface area contributed by atoms with Crippen LogP contribution in [0.3, 0.4) is 0 Å². The van der Waals surface area contributed by atoms with Crippen LogP contribution in [-0.2, 0) is 0 Å². The lowest BCUT2D eigenvalue weighted by molar-refractivity contribution is 0.138. The lowest BCUT2D eigenvalue weighted by Crippen LogP contribution is -2.02. The number of ether oxygens (including phenoxy) is 2. The molecule has 1 heterocycles. The average molecular weight is 287 g/mol. The van der Waals surface area contributed by atoms with E-state index in [1.807, 2.05) is 0 Å². The van der Waals surface area contributed by atoms with Gasteiger partial charge in [-0.15, -0.1) is 0 Å². The fraction of sp³-hybridized carbons (Fsp3) is 0.273. The maximum Gasteiger partial charge on any atom is 0.297 e. The highest BCUT2D eigenvalue weighted by Crippen LogP contribution is 2.30. The second kappa shape index (κ2) is 5.35. The van der Waals surface area contributed by atoms with Crippen LogP contribution in [0.2, 0.25) is 0 Å². The van der Waals surface area contributed by atoms with E-state index < -0.39 is 12.2 Å². The molecule has 0 unspecified atom stereocenters. The van der Waals surface area contributed by atoms with Crippen molar-refractivity contribution in [3.8, 4) is 17.2 Å². The number of alkyl halides is 2. The van der Waals surface area contributed by atoms with Gasteiger partial charge in [0.15, 0.2) is 16.3 Å². The van der Waals surface area contributed by atoms with Gasteiger partial charge in [-0.1, -0.05) is 0 Å². The Kier molecular flexibility index (Phi) is 3.79. The van der Waals surface area contributed by atoms with E-state index in [0.717, 1.165) is 4.57 Å². The van der Waals surface area contributed by atoms with Gasteiger partial charge in [-0.3, -0.25) is 9.67 Å². The van der Waals surface area contributed by atoms with Crippen LogP contribution in [0.5, 0.6) is 11.5 Å². The van der Waals surface area contributed by atoms with E-state index in [1.54, 1.807) is 18.2 Å². The van der Waals surface area contributed by atoms with E-state index in [4.69, 9.17) is 21.7 Å². The van der Waals surface area contributed by atoms with Gasteiger partial charge >= 0.3 is 0 Å². The first-order valence-electron chi connectivity index (χ1n) is 5.26. The number of halogens is 2. The van der Waals surface area contributed by atoms with Gasteiger partial charge in [0.2, 0.25) is 5.82 Å². The summed E-state index contributed by atoms with van der Waals surface area (Å²) in [5.41, 5.74) is 0.423. The van der Waals surface area contributed by atoms with E-state index in [0.29, 0.717) is 17.2 Å². The highest BCUT2D eigenvalue weighted by Gasteiger charge is 2.18. The summed E-state index contributed by atoms with van der Waals surface area (Å²) in [4.78, 5) is 0. The lowest BCUT2D eigenvalue weighted by Gasteiger charge is -2.11. The van der Waals surface area contributed by atoms with E-state index in [1.165, 1.54) is 14.2 Å². The minimum absolute atomic E-state index is 0.0857. The van der Waals surface area contributed by atoms with Crippen LogP contribution < -0.4 is 9.47 Å². The highest BCUT2D eigenvalue weighted by atomic mass is 32.1. The quantitative estimate of drug-likeness (QED) is 0.879. The molecule has 0 saturated heterocycles. The minimum atomic E-state index is -2.74. The standard InChI is InChI=1S/C11H11F2N3O2S/c1-17-7-4-3-6(5-8(7)18-2)16-10(9(12)13)14-15-11(16)19/h3-5,9H,1-2H3,(H,15,19). The van der Waals surface area contributed by atoms with Gasteiger partial charge in [-0.25, -0.2) is 8.78 Å². The van der Waals surface area contributed by atoms with Gasteiger partial charge in [-0.2, -0.15) is 5.10 Å². The first-order chi connectivity index (χ1) is 9.08. The van der Waals surface area contributed by atoms with Gasteiger partial charge in [0.1, 0.15) is 0 Å². The van der Waals surface area contributed by atoms with E-state index in [9.17, 15) is 8.78 Å². The van der Waals surface area contributed by atoms with E-state index in [-0.39, 0.29) is 4.77 Å². The van der Waals surface area contributed by atoms with Gasteiger partial charge in [-0.05, 0) is 24.4 Å². The van der Waals surface area contributed by atoms with Crippen molar-refractivity contribution < 1.29 is 18.3 Å². The number of methoxy groups -OCH3 is 2. The molecule has 0 radical (unpaired) electrons. The van der Waals surface area contributed by atoms with Crippen LogP contribution in [0.15, 0.2) is 18.2 Å². The predicted molar refractivity (Wildman–Crippen MR) is 66.8 cm³/mol. The molecule has 0 spiro atoms. The normalized spacial score (nSPS) is 10.8. The van der Waals surface area contributed by atoms with Crippen LogP contribution in [0.1, 0.15) is 12.2 Å². The molecule has 5 nitrogen and oxygen atoms in total. The molecule has 2 rings (SSSR count). The smallest absolute Gasteiger partial charge is 0.297 e. The molecule has 102 valence electrons. The number of nitrogens with zero attached hydrogens (tertiary/aromatic N) is 2. The molecular formula is C11H11F2N3O2S. The van der Waals surface area contributed by atoms with Crippen LogP contribution in [0.25, 0.3) is 5.69 Å². The molecular weight excluding hydrogens is 276 g/mol. The molecule has 0 amide bonds. The van der Waals surface area contributed by atoms with Crippen LogP contribution in [0, 0.1) is 4.77 Å². The molecule has 2 aromatic rings. The molecule has 1 N–H and O–H groups in total. The van der Waals surface area contributed by atoms with Gasteiger partial charge in [0, 0.05) is 6.07 Å². The molecule has 0 aliphatic heterocycles. The van der Waals surface area contributed by atoms with E-state index >= 15 is 0 Å². The van der Waals surface area contributed by atoms with Crippen molar-refractivity contribution >= 4 is 12.2 Å². The number of aromatic nitrogens is 3. The summed E-state index contributed by atoms with van der Waals surface area (Å²) < 4.78 is 37.1. The molecule has 0 saturated carbocycles. The number of benzene rings is 1. The Balaban J connectivity index is 2.59. The van der Waals surface area contributed by atoms with E-state index in [2.05, 4.69) is 10.2 Å². The molecule has 0 atom stereocenters. The average Bonchev–Trinajstić information content (AvgIpc) is 2.80. The van der Waals surface area contributed by atoms with Crippen molar-refractivity contribution in [2.24, 2.45) is 0 Å². The number of H-pyrrole nitrogens is 1. The third-order valence-corrected chi connectivity index (χ3v) is 2.79. The maximum absolute atomic E-state index is 12.8. The van der Waals surface area contributed by atoms with Crippen molar-refractivity contribution in [2.75, 3.05) is 14.2 Å². The number of rotatable bonds is 4. The first-order valence-corrected chi connectivity index (χ1v) is 5.67. The van der Waals surface area contributed by atoms with Crippen molar-refractivity contribution in [2.45, 2.75) is 6.43 Å². The summed E-state index contributed by atoms with van der Waals surface area (Å²) >= 11 is 4.95. The molecule has 0 aliphatic carbocycles. The third-order valence-electron chi connectivity index (χ3n) is 2.52. The van der Waals surface area contributed by atoms with Crippen LogP contribution in [-0.4, -0.2) is 29.0 Å². The fourth-order valence-corrected chi connectivity index (χ4v) is 1.91. The molecule has 0 fully saturated rings. The monoisotopic (exact) mass is 287 g/mol. The predicted octanol–water partition coefficient (Wildman–Crippen LogP) is 2.88. The second-order valence-electron chi connectivity index (χ2n) is 3.56. The minimum Gasteiger partial charge on any atom is -0.493 e. The van der Waals surface area contributed by atoms with Gasteiger partial charge < -0.3 is 9.47 Å². The zero-order chi connectivity index (χ0) is 14.0. The van der Waals surface area contributed by atoms with Crippen molar-refractivity contribution in [1.29, 1.82) is 0 Å². The molecule has 1 aromatic carbocycles. The van der Waals surface area contributed by atoms with Gasteiger partial charge in [0.05, 0.1) is 19.9 Å². The Morgan fingerprint density at radius 3 is 2.53 bits per heavy atom.